The van der Waals surface area contributed by atoms with Crippen LogP contribution in [0, 0.1) is 0 Å². The molecule has 0 aliphatic carbocycles. The molecule has 154 valence electrons. The summed E-state index contributed by atoms with van der Waals surface area (Å²) >= 11 is 7.03. The van der Waals surface area contributed by atoms with E-state index in [1.165, 1.54) is 28.8 Å². The first-order valence-electron chi connectivity index (χ1n) is 8.94. The molecule has 2 amide bonds. The van der Waals surface area contributed by atoms with Gasteiger partial charge in [-0.15, -0.1) is 6.58 Å². The van der Waals surface area contributed by atoms with Crippen LogP contribution in [-0.2, 0) is 9.59 Å². The predicted octanol–water partition coefficient (Wildman–Crippen LogP) is 4.18. The van der Waals surface area contributed by atoms with Crippen LogP contribution in [0.5, 0.6) is 0 Å². The number of carbonyl (C=O) groups is 3. The molecule has 1 aliphatic heterocycles. The standard InChI is InChI=1S/C21H18ClN3O4S/c1-2-11-25-19(27)17(12-18(26)23-15-9-5-14(22)6-10-15)30-21(25)24-16-7-3-13(4-8-16)20(28)29/h2-10,17H,1,11-12H2,(H,23,26)(H,28,29)/t17-/m0/s1. The summed E-state index contributed by atoms with van der Waals surface area (Å²) in [5, 5.41) is 12.1. The number of carboxylic acid groups (broad SMARTS) is 1. The molecule has 9 heteroatoms. The van der Waals surface area contributed by atoms with Crippen molar-refractivity contribution < 1.29 is 19.5 Å². The lowest BCUT2D eigenvalue weighted by Gasteiger charge is -2.13. The van der Waals surface area contributed by atoms with Crippen LogP contribution >= 0.6 is 23.4 Å². The maximum absolute atomic E-state index is 12.8. The number of amidine groups is 1. The smallest absolute Gasteiger partial charge is 0.335 e. The van der Waals surface area contributed by atoms with E-state index in [2.05, 4.69) is 16.9 Å². The van der Waals surface area contributed by atoms with Gasteiger partial charge in [0.1, 0.15) is 5.25 Å². The highest BCUT2D eigenvalue weighted by molar-refractivity contribution is 8.15. The van der Waals surface area contributed by atoms with Crippen molar-refractivity contribution >= 4 is 57.7 Å². The van der Waals surface area contributed by atoms with E-state index in [-0.39, 0.29) is 30.3 Å². The van der Waals surface area contributed by atoms with Crippen molar-refractivity contribution in [2.45, 2.75) is 11.7 Å². The zero-order valence-electron chi connectivity index (χ0n) is 15.7. The van der Waals surface area contributed by atoms with Gasteiger partial charge in [0.05, 0.1) is 11.3 Å². The Morgan fingerprint density at radius 3 is 2.47 bits per heavy atom. The highest BCUT2D eigenvalue weighted by atomic mass is 35.5. The van der Waals surface area contributed by atoms with Gasteiger partial charge >= 0.3 is 5.97 Å². The minimum absolute atomic E-state index is 0.0171. The number of aliphatic imine (C=N–C) groups is 1. The SMILES string of the molecule is C=CCN1C(=O)[C@H](CC(=O)Nc2ccc(Cl)cc2)SC1=Nc1ccc(C(=O)O)cc1. The Morgan fingerprint density at radius 1 is 1.20 bits per heavy atom. The van der Waals surface area contributed by atoms with Crippen LogP contribution in [-0.4, -0.2) is 44.8 Å². The fourth-order valence-corrected chi connectivity index (χ4v) is 4.02. The second kappa shape index (κ2) is 9.60. The predicted molar refractivity (Wildman–Crippen MR) is 118 cm³/mol. The third kappa shape index (κ3) is 5.28. The maximum Gasteiger partial charge on any atom is 0.335 e. The zero-order chi connectivity index (χ0) is 21.7. The normalized spacial score (nSPS) is 17.2. The minimum Gasteiger partial charge on any atom is -0.478 e. The van der Waals surface area contributed by atoms with Crippen molar-refractivity contribution in [2.24, 2.45) is 4.99 Å². The topological polar surface area (TPSA) is 99.1 Å². The van der Waals surface area contributed by atoms with Crippen LogP contribution in [0.1, 0.15) is 16.8 Å². The fourth-order valence-electron chi connectivity index (χ4n) is 2.72. The molecule has 0 bridgehead atoms. The average Bonchev–Trinajstić information content (AvgIpc) is 2.99. The highest BCUT2D eigenvalue weighted by Crippen LogP contribution is 2.32. The van der Waals surface area contributed by atoms with E-state index in [4.69, 9.17) is 16.7 Å². The molecule has 1 saturated heterocycles. The Kier molecular flexibility index (Phi) is 6.91. The summed E-state index contributed by atoms with van der Waals surface area (Å²) < 4.78 is 0. The van der Waals surface area contributed by atoms with Crippen LogP contribution in [0.25, 0.3) is 0 Å². The van der Waals surface area contributed by atoms with Crippen molar-refractivity contribution in [1.29, 1.82) is 0 Å². The molecule has 30 heavy (non-hydrogen) atoms. The van der Waals surface area contributed by atoms with Gasteiger partial charge in [0.25, 0.3) is 0 Å². The van der Waals surface area contributed by atoms with Crippen molar-refractivity contribution in [3.63, 3.8) is 0 Å². The van der Waals surface area contributed by atoms with E-state index in [0.29, 0.717) is 21.6 Å². The Morgan fingerprint density at radius 2 is 1.87 bits per heavy atom. The Hall–Kier alpha value is -3.10. The highest BCUT2D eigenvalue weighted by Gasteiger charge is 2.38. The van der Waals surface area contributed by atoms with E-state index in [1.807, 2.05) is 0 Å². The monoisotopic (exact) mass is 443 g/mol. The second-order valence-electron chi connectivity index (χ2n) is 6.35. The van der Waals surface area contributed by atoms with Gasteiger partial charge in [0, 0.05) is 23.7 Å². The fraction of sp³-hybridized carbons (Fsp3) is 0.143. The summed E-state index contributed by atoms with van der Waals surface area (Å²) in [6.45, 7) is 3.92. The number of halogens is 1. The number of carbonyl (C=O) groups excluding carboxylic acids is 2. The number of thioether (sulfide) groups is 1. The lowest BCUT2D eigenvalue weighted by molar-refractivity contribution is -0.127. The van der Waals surface area contributed by atoms with Gasteiger partial charge < -0.3 is 10.4 Å². The largest absolute Gasteiger partial charge is 0.478 e. The Bertz CT molecular complexity index is 1010. The van der Waals surface area contributed by atoms with Crippen LogP contribution in [0.4, 0.5) is 11.4 Å². The number of amides is 2. The second-order valence-corrected chi connectivity index (χ2v) is 7.96. The van der Waals surface area contributed by atoms with Crippen LogP contribution in [0.15, 0.2) is 66.2 Å². The van der Waals surface area contributed by atoms with Crippen molar-refractivity contribution in [2.75, 3.05) is 11.9 Å². The number of benzene rings is 2. The molecule has 0 unspecified atom stereocenters. The maximum atomic E-state index is 12.8. The van der Waals surface area contributed by atoms with Gasteiger partial charge in [-0.25, -0.2) is 9.79 Å². The summed E-state index contributed by atoms with van der Waals surface area (Å²) in [5.74, 6) is -1.56. The first kappa shape index (κ1) is 21.6. The molecule has 2 aromatic rings. The van der Waals surface area contributed by atoms with Crippen molar-refractivity contribution in [3.8, 4) is 0 Å². The Balaban J connectivity index is 1.73. The number of aromatic carboxylic acids is 1. The Labute approximate surface area is 182 Å². The molecule has 0 radical (unpaired) electrons. The molecule has 1 fully saturated rings. The number of anilines is 1. The van der Waals surface area contributed by atoms with Gasteiger partial charge in [-0.2, -0.15) is 0 Å². The number of nitrogens with one attached hydrogen (secondary N) is 1. The van der Waals surface area contributed by atoms with Crippen LogP contribution < -0.4 is 5.32 Å². The molecule has 0 spiro atoms. The third-order valence-corrected chi connectivity index (χ3v) is 5.60. The summed E-state index contributed by atoms with van der Waals surface area (Å²) in [4.78, 5) is 42.1. The van der Waals surface area contributed by atoms with Crippen molar-refractivity contribution in [1.82, 2.24) is 4.90 Å². The average molecular weight is 444 g/mol. The van der Waals surface area contributed by atoms with E-state index in [9.17, 15) is 14.4 Å². The number of nitrogens with zero attached hydrogens (tertiary/aromatic N) is 2. The summed E-state index contributed by atoms with van der Waals surface area (Å²) in [7, 11) is 0. The molecule has 2 N–H and O–H groups in total. The van der Waals surface area contributed by atoms with Crippen LogP contribution in [0.3, 0.4) is 0 Å². The molecule has 7 nitrogen and oxygen atoms in total. The molecule has 1 atom stereocenters. The molecule has 2 aromatic carbocycles. The molecule has 3 rings (SSSR count). The lowest BCUT2D eigenvalue weighted by atomic mass is 10.2. The van der Waals surface area contributed by atoms with E-state index in [0.717, 1.165) is 0 Å². The van der Waals surface area contributed by atoms with Gasteiger partial charge in [0.2, 0.25) is 11.8 Å². The number of hydrogen-bond acceptors (Lipinski definition) is 5. The van der Waals surface area contributed by atoms with Gasteiger partial charge in [-0.3, -0.25) is 14.5 Å². The van der Waals surface area contributed by atoms with Gasteiger partial charge in [-0.05, 0) is 48.5 Å². The van der Waals surface area contributed by atoms with Gasteiger partial charge in [-0.1, -0.05) is 29.4 Å². The molecule has 0 aromatic heterocycles. The zero-order valence-corrected chi connectivity index (χ0v) is 17.3. The molecule has 1 heterocycles. The van der Waals surface area contributed by atoms with Crippen molar-refractivity contribution in [3.05, 3.63) is 71.8 Å². The molecular weight excluding hydrogens is 426 g/mol. The first-order valence-corrected chi connectivity index (χ1v) is 10.2. The summed E-state index contributed by atoms with van der Waals surface area (Å²) in [6.07, 6.45) is 1.56. The van der Waals surface area contributed by atoms with E-state index < -0.39 is 11.2 Å². The van der Waals surface area contributed by atoms with E-state index in [1.54, 1.807) is 42.5 Å². The lowest BCUT2D eigenvalue weighted by Crippen LogP contribution is -2.33. The number of carboxylic acids is 1. The van der Waals surface area contributed by atoms with E-state index >= 15 is 0 Å². The number of rotatable bonds is 7. The quantitative estimate of drug-likeness (QED) is 0.625. The molecular formula is C21H18ClN3O4S. The number of hydrogen-bond donors (Lipinski definition) is 2. The van der Waals surface area contributed by atoms with Crippen LogP contribution in [0.2, 0.25) is 5.02 Å². The summed E-state index contributed by atoms with van der Waals surface area (Å²) in [6, 6.07) is 12.7. The van der Waals surface area contributed by atoms with Gasteiger partial charge in [0.15, 0.2) is 5.17 Å². The molecule has 0 saturated carbocycles. The minimum atomic E-state index is -1.03. The third-order valence-electron chi connectivity index (χ3n) is 4.17. The summed E-state index contributed by atoms with van der Waals surface area (Å²) in [5.41, 5.74) is 1.25. The molecule has 1 aliphatic rings. The first-order chi connectivity index (χ1) is 14.4.